The summed E-state index contributed by atoms with van der Waals surface area (Å²) in [6.45, 7) is 4.59. The zero-order valence-electron chi connectivity index (χ0n) is 21.2. The molecule has 0 bridgehead atoms. The van der Waals surface area contributed by atoms with Gasteiger partial charge in [0.1, 0.15) is 5.75 Å². The number of phenolic OH excluding ortho intramolecular Hbond substituents is 1. The molecule has 7 N–H and O–H groups in total. The number of rotatable bonds is 11. The third-order valence-corrected chi connectivity index (χ3v) is 6.52. The van der Waals surface area contributed by atoms with Crippen molar-refractivity contribution in [2.24, 2.45) is 5.73 Å². The summed E-state index contributed by atoms with van der Waals surface area (Å²) in [5.74, 6) is -0.261. The zero-order valence-corrected chi connectivity index (χ0v) is 22.7. The highest BCUT2D eigenvalue weighted by Gasteiger charge is 2.21. The number of primary amides is 1. The average molecular weight is 559 g/mol. The van der Waals surface area contributed by atoms with E-state index in [1.165, 1.54) is 12.1 Å². The van der Waals surface area contributed by atoms with Crippen LogP contribution in [0.2, 0.25) is 10.0 Å². The third kappa shape index (κ3) is 8.92. The van der Waals surface area contributed by atoms with E-state index in [4.69, 9.17) is 28.9 Å². The first-order chi connectivity index (χ1) is 17.9. The Morgan fingerprint density at radius 3 is 2.47 bits per heavy atom. The SMILES string of the molecule is CC(C)(Cc1cccc(CC(=O)NCc2ccc(Cl)cc2Cl)c1)NC[C@H](O)c1ccc(O)c(NC(N)=O)c1. The summed E-state index contributed by atoms with van der Waals surface area (Å²) in [6, 6.07) is 16.6. The number of halogens is 2. The molecule has 0 aliphatic heterocycles. The van der Waals surface area contributed by atoms with Gasteiger partial charge in [-0.2, -0.15) is 0 Å². The minimum Gasteiger partial charge on any atom is -0.506 e. The third-order valence-electron chi connectivity index (χ3n) is 5.93. The molecule has 202 valence electrons. The minimum atomic E-state index is -0.882. The maximum atomic E-state index is 12.5. The summed E-state index contributed by atoms with van der Waals surface area (Å²) in [5, 5.41) is 30.2. The molecule has 0 saturated carbocycles. The molecular weight excluding hydrogens is 527 g/mol. The Hall–Kier alpha value is -3.30. The van der Waals surface area contributed by atoms with Crippen molar-refractivity contribution in [2.45, 2.75) is 44.9 Å². The van der Waals surface area contributed by atoms with E-state index < -0.39 is 12.1 Å². The van der Waals surface area contributed by atoms with E-state index in [2.05, 4.69) is 16.0 Å². The number of aliphatic hydroxyl groups is 1. The lowest BCUT2D eigenvalue weighted by molar-refractivity contribution is -0.120. The van der Waals surface area contributed by atoms with E-state index in [1.54, 1.807) is 24.3 Å². The van der Waals surface area contributed by atoms with Crippen LogP contribution in [-0.2, 0) is 24.2 Å². The highest BCUT2D eigenvalue weighted by atomic mass is 35.5. The molecule has 3 aromatic carbocycles. The number of anilines is 1. The number of β-amino-alcohol motifs (C(OH)–C–C–N with tert-alkyl or cyclic N) is 1. The van der Waals surface area contributed by atoms with Crippen LogP contribution in [0.15, 0.2) is 60.7 Å². The molecule has 0 heterocycles. The molecule has 0 aromatic heterocycles. The predicted octanol–water partition coefficient (Wildman–Crippen LogP) is 4.69. The Morgan fingerprint density at radius 1 is 1.03 bits per heavy atom. The molecule has 0 unspecified atom stereocenters. The van der Waals surface area contributed by atoms with Crippen LogP contribution in [0.5, 0.6) is 5.75 Å². The second-order valence-electron chi connectivity index (χ2n) is 9.73. The van der Waals surface area contributed by atoms with E-state index in [1.807, 2.05) is 38.1 Å². The number of nitrogens with one attached hydrogen (secondary N) is 3. The van der Waals surface area contributed by atoms with Crippen LogP contribution in [0.3, 0.4) is 0 Å². The van der Waals surface area contributed by atoms with Crippen LogP contribution in [-0.4, -0.2) is 34.2 Å². The highest BCUT2D eigenvalue weighted by Crippen LogP contribution is 2.27. The molecule has 0 spiro atoms. The van der Waals surface area contributed by atoms with Gasteiger partial charge in [0, 0.05) is 28.7 Å². The number of aliphatic hydroxyl groups excluding tert-OH is 1. The number of hydrogen-bond acceptors (Lipinski definition) is 5. The topological polar surface area (TPSA) is 137 Å². The fraction of sp³-hybridized carbons (Fsp3) is 0.286. The number of carbonyl (C=O) groups is 2. The first-order valence-electron chi connectivity index (χ1n) is 12.0. The van der Waals surface area contributed by atoms with Gasteiger partial charge in [-0.25, -0.2) is 4.79 Å². The molecule has 38 heavy (non-hydrogen) atoms. The highest BCUT2D eigenvalue weighted by molar-refractivity contribution is 6.35. The first kappa shape index (κ1) is 29.3. The van der Waals surface area contributed by atoms with Crippen molar-refractivity contribution in [3.8, 4) is 5.75 Å². The summed E-state index contributed by atoms with van der Waals surface area (Å²) in [7, 11) is 0. The standard InChI is InChI=1S/C28H32Cl2N4O4/c1-28(2,33-16-25(36)19-7-9-24(35)23(12-19)34-27(31)38)14-18-5-3-4-17(10-18)11-26(37)32-15-20-6-8-21(29)13-22(20)30/h3-10,12-13,25,33,35-36H,11,14-16H2,1-2H3,(H,32,37)(H3,31,34,38)/t25-/m0/s1. The normalized spacial score (nSPS) is 12.1. The number of hydrogen-bond donors (Lipinski definition) is 6. The lowest BCUT2D eigenvalue weighted by Crippen LogP contribution is -2.43. The molecule has 3 rings (SSSR count). The van der Waals surface area contributed by atoms with Crippen LogP contribution in [0, 0.1) is 0 Å². The monoisotopic (exact) mass is 558 g/mol. The number of nitrogens with two attached hydrogens (primary N) is 1. The van der Waals surface area contributed by atoms with Crippen molar-refractivity contribution in [1.82, 2.24) is 10.6 Å². The summed E-state index contributed by atoms with van der Waals surface area (Å²) in [5.41, 5.74) is 8.12. The van der Waals surface area contributed by atoms with Gasteiger partial charge >= 0.3 is 6.03 Å². The molecule has 0 fully saturated rings. The molecule has 8 nitrogen and oxygen atoms in total. The van der Waals surface area contributed by atoms with Crippen LogP contribution in [0.1, 0.15) is 42.2 Å². The van der Waals surface area contributed by atoms with Crippen LogP contribution in [0.25, 0.3) is 0 Å². The van der Waals surface area contributed by atoms with Crippen molar-refractivity contribution >= 4 is 40.8 Å². The Balaban J connectivity index is 1.54. The summed E-state index contributed by atoms with van der Waals surface area (Å²) in [4.78, 5) is 23.6. The quantitative estimate of drug-likeness (QED) is 0.189. The summed E-state index contributed by atoms with van der Waals surface area (Å²) in [6.07, 6.45) is 0.000736. The smallest absolute Gasteiger partial charge is 0.316 e. The minimum absolute atomic E-state index is 0.118. The van der Waals surface area contributed by atoms with Gasteiger partial charge in [0.25, 0.3) is 0 Å². The van der Waals surface area contributed by atoms with Gasteiger partial charge in [-0.15, -0.1) is 0 Å². The summed E-state index contributed by atoms with van der Waals surface area (Å²) >= 11 is 12.1. The van der Waals surface area contributed by atoms with Gasteiger partial charge in [0.2, 0.25) is 5.91 Å². The molecule has 0 radical (unpaired) electrons. The van der Waals surface area contributed by atoms with Gasteiger partial charge in [0.05, 0.1) is 18.2 Å². The Bertz CT molecular complexity index is 1300. The molecule has 1 atom stereocenters. The second-order valence-corrected chi connectivity index (χ2v) is 10.6. The Kier molecular flexibility index (Phi) is 9.99. The number of carbonyl (C=O) groups excluding carboxylic acids is 2. The van der Waals surface area contributed by atoms with Crippen molar-refractivity contribution in [1.29, 1.82) is 0 Å². The molecule has 0 saturated heterocycles. The fourth-order valence-electron chi connectivity index (χ4n) is 4.01. The number of aromatic hydroxyl groups is 1. The molecule has 3 amide bonds. The van der Waals surface area contributed by atoms with E-state index in [9.17, 15) is 19.8 Å². The van der Waals surface area contributed by atoms with Gasteiger partial charge in [-0.05, 0) is 66.8 Å². The van der Waals surface area contributed by atoms with Crippen LogP contribution in [0.4, 0.5) is 10.5 Å². The Labute approximate surface area is 232 Å². The van der Waals surface area contributed by atoms with Gasteiger partial charge in [-0.1, -0.05) is 59.6 Å². The van der Waals surface area contributed by atoms with Crippen molar-refractivity contribution < 1.29 is 19.8 Å². The molecule has 3 aromatic rings. The lowest BCUT2D eigenvalue weighted by Gasteiger charge is -2.28. The zero-order chi connectivity index (χ0) is 27.9. The van der Waals surface area contributed by atoms with Gasteiger partial charge in [0.15, 0.2) is 0 Å². The van der Waals surface area contributed by atoms with Crippen LogP contribution < -0.4 is 21.7 Å². The number of phenols is 1. The summed E-state index contributed by atoms with van der Waals surface area (Å²) < 4.78 is 0. The largest absolute Gasteiger partial charge is 0.506 e. The van der Waals surface area contributed by atoms with Crippen molar-refractivity contribution in [3.05, 3.63) is 93.0 Å². The van der Waals surface area contributed by atoms with E-state index in [-0.39, 0.29) is 35.8 Å². The average Bonchev–Trinajstić information content (AvgIpc) is 2.83. The molecule has 10 heteroatoms. The lowest BCUT2D eigenvalue weighted by atomic mass is 9.93. The van der Waals surface area contributed by atoms with Crippen molar-refractivity contribution in [2.75, 3.05) is 11.9 Å². The van der Waals surface area contributed by atoms with E-state index >= 15 is 0 Å². The fourth-order valence-corrected chi connectivity index (χ4v) is 4.49. The number of amides is 3. The van der Waals surface area contributed by atoms with E-state index in [0.717, 1.165) is 16.7 Å². The van der Waals surface area contributed by atoms with Crippen molar-refractivity contribution in [3.63, 3.8) is 0 Å². The maximum Gasteiger partial charge on any atom is 0.316 e. The first-order valence-corrected chi connectivity index (χ1v) is 12.8. The molecular formula is C28H32Cl2N4O4. The predicted molar refractivity (Wildman–Crippen MR) is 151 cm³/mol. The number of urea groups is 1. The van der Waals surface area contributed by atoms with E-state index in [0.29, 0.717) is 28.6 Å². The molecule has 0 aliphatic rings. The second kappa shape index (κ2) is 13.0. The van der Waals surface area contributed by atoms with Gasteiger partial charge < -0.3 is 31.9 Å². The molecule has 0 aliphatic carbocycles. The Morgan fingerprint density at radius 2 is 1.76 bits per heavy atom. The maximum absolute atomic E-state index is 12.5. The number of benzene rings is 3. The van der Waals surface area contributed by atoms with Crippen LogP contribution >= 0.6 is 23.2 Å². The van der Waals surface area contributed by atoms with Gasteiger partial charge in [-0.3, -0.25) is 4.79 Å².